The molecule has 1 fully saturated rings. The minimum absolute atomic E-state index is 0.0192. The second-order valence-corrected chi connectivity index (χ2v) is 6.65. The molecule has 0 saturated carbocycles. The van der Waals surface area contributed by atoms with Crippen LogP contribution in [-0.4, -0.2) is 49.6 Å². The maximum Gasteiger partial charge on any atom is 0.306 e. The Kier molecular flexibility index (Phi) is 6.48. The van der Waals surface area contributed by atoms with E-state index in [0.29, 0.717) is 13.1 Å². The number of rotatable bonds is 7. The number of hydrogen-bond acceptors (Lipinski definition) is 6. The van der Waals surface area contributed by atoms with E-state index in [4.69, 9.17) is 0 Å². The Morgan fingerprint density at radius 2 is 2.26 bits per heavy atom. The van der Waals surface area contributed by atoms with Gasteiger partial charge in [0.25, 0.3) is 0 Å². The number of amides is 1. The lowest BCUT2D eigenvalue weighted by molar-refractivity contribution is -0.385. The molecule has 1 N–H and O–H groups in total. The average molecular weight is 372 g/mol. The van der Waals surface area contributed by atoms with Gasteiger partial charge in [-0.15, -0.1) is 0 Å². The van der Waals surface area contributed by atoms with Gasteiger partial charge in [-0.05, 0) is 44.5 Å². The van der Waals surface area contributed by atoms with Gasteiger partial charge in [-0.2, -0.15) is 5.10 Å². The van der Waals surface area contributed by atoms with Crippen LogP contribution in [0.15, 0.2) is 36.8 Å². The highest BCUT2D eigenvalue weighted by atomic mass is 16.6. The van der Waals surface area contributed by atoms with Gasteiger partial charge in [0.05, 0.1) is 17.2 Å². The fraction of sp³-hybridized carbons (Fsp3) is 0.500. The molecule has 144 valence electrons. The third kappa shape index (κ3) is 5.33. The summed E-state index contributed by atoms with van der Waals surface area (Å²) < 4.78 is 1.45. The Balaban J connectivity index is 1.67. The SMILES string of the molecule is O=C(CCn1cc([N+](=O)[O-])cn1)N(Cc1ccccn1)C1CCCNCC1. The zero-order chi connectivity index (χ0) is 19.1. The number of pyridine rings is 1. The highest BCUT2D eigenvalue weighted by Gasteiger charge is 2.25. The summed E-state index contributed by atoms with van der Waals surface area (Å²) in [7, 11) is 0. The number of carbonyl (C=O) groups is 1. The van der Waals surface area contributed by atoms with Crippen molar-refractivity contribution in [2.24, 2.45) is 0 Å². The van der Waals surface area contributed by atoms with E-state index in [1.54, 1.807) is 6.20 Å². The van der Waals surface area contributed by atoms with Crippen molar-refractivity contribution in [1.29, 1.82) is 0 Å². The average Bonchev–Trinajstić information content (AvgIpc) is 3.00. The molecule has 27 heavy (non-hydrogen) atoms. The molecule has 3 rings (SSSR count). The number of nitrogens with zero attached hydrogens (tertiary/aromatic N) is 5. The highest BCUT2D eigenvalue weighted by molar-refractivity contribution is 5.76. The maximum absolute atomic E-state index is 13.0. The summed E-state index contributed by atoms with van der Waals surface area (Å²) in [5.74, 6) is 0.0192. The quantitative estimate of drug-likeness (QED) is 0.586. The number of aromatic nitrogens is 3. The summed E-state index contributed by atoms with van der Waals surface area (Å²) in [6, 6.07) is 5.87. The van der Waals surface area contributed by atoms with E-state index in [-0.39, 0.29) is 24.1 Å². The first-order valence-corrected chi connectivity index (χ1v) is 9.20. The van der Waals surface area contributed by atoms with Crippen LogP contribution in [-0.2, 0) is 17.9 Å². The summed E-state index contributed by atoms with van der Waals surface area (Å²) in [4.78, 5) is 29.5. The monoisotopic (exact) mass is 372 g/mol. The topological polar surface area (TPSA) is 106 Å². The number of nitro groups is 1. The van der Waals surface area contributed by atoms with E-state index < -0.39 is 4.92 Å². The van der Waals surface area contributed by atoms with Gasteiger partial charge in [-0.3, -0.25) is 24.6 Å². The number of nitrogens with one attached hydrogen (secondary N) is 1. The lowest BCUT2D eigenvalue weighted by atomic mass is 10.1. The van der Waals surface area contributed by atoms with Crippen molar-refractivity contribution in [3.8, 4) is 0 Å². The van der Waals surface area contributed by atoms with Crippen molar-refractivity contribution in [2.45, 2.75) is 44.8 Å². The molecule has 1 amide bonds. The predicted molar refractivity (Wildman–Crippen MR) is 98.8 cm³/mol. The van der Waals surface area contributed by atoms with Crippen molar-refractivity contribution >= 4 is 11.6 Å². The van der Waals surface area contributed by atoms with E-state index in [1.165, 1.54) is 17.1 Å². The van der Waals surface area contributed by atoms with Gasteiger partial charge < -0.3 is 10.2 Å². The third-order valence-corrected chi connectivity index (χ3v) is 4.75. The van der Waals surface area contributed by atoms with E-state index in [1.807, 2.05) is 23.1 Å². The van der Waals surface area contributed by atoms with E-state index in [9.17, 15) is 14.9 Å². The Morgan fingerprint density at radius 1 is 1.37 bits per heavy atom. The van der Waals surface area contributed by atoms with E-state index >= 15 is 0 Å². The summed E-state index contributed by atoms with van der Waals surface area (Å²) >= 11 is 0. The zero-order valence-corrected chi connectivity index (χ0v) is 15.2. The molecule has 1 aliphatic rings. The normalized spacial score (nSPS) is 17.3. The van der Waals surface area contributed by atoms with Crippen molar-refractivity contribution in [3.05, 3.63) is 52.6 Å². The first kappa shape index (κ1) is 19.0. The molecule has 1 atom stereocenters. The van der Waals surface area contributed by atoms with Crippen molar-refractivity contribution in [3.63, 3.8) is 0 Å². The minimum atomic E-state index is -0.489. The smallest absolute Gasteiger partial charge is 0.306 e. The molecule has 1 saturated heterocycles. The summed E-state index contributed by atoms with van der Waals surface area (Å²) in [5.41, 5.74) is 0.792. The van der Waals surface area contributed by atoms with E-state index in [2.05, 4.69) is 15.4 Å². The lowest BCUT2D eigenvalue weighted by Gasteiger charge is -2.31. The van der Waals surface area contributed by atoms with Gasteiger partial charge in [0.1, 0.15) is 12.4 Å². The lowest BCUT2D eigenvalue weighted by Crippen LogP contribution is -2.41. The maximum atomic E-state index is 13.0. The van der Waals surface area contributed by atoms with Crippen molar-refractivity contribution in [1.82, 2.24) is 25.0 Å². The molecular formula is C18H24N6O3. The van der Waals surface area contributed by atoms with Crippen LogP contribution in [0.25, 0.3) is 0 Å². The van der Waals surface area contributed by atoms with Crippen LogP contribution in [0.2, 0.25) is 0 Å². The second kappa shape index (κ2) is 9.22. The van der Waals surface area contributed by atoms with Crippen LogP contribution in [0.5, 0.6) is 0 Å². The molecule has 3 heterocycles. The van der Waals surface area contributed by atoms with Crippen LogP contribution >= 0.6 is 0 Å². The molecular weight excluding hydrogens is 348 g/mol. The van der Waals surface area contributed by atoms with Gasteiger partial charge in [-0.1, -0.05) is 6.07 Å². The first-order valence-electron chi connectivity index (χ1n) is 9.20. The molecule has 1 aliphatic heterocycles. The van der Waals surface area contributed by atoms with Crippen molar-refractivity contribution < 1.29 is 9.72 Å². The fourth-order valence-electron chi connectivity index (χ4n) is 3.32. The fourth-order valence-corrected chi connectivity index (χ4v) is 3.32. The summed E-state index contributed by atoms with van der Waals surface area (Å²) in [6.45, 7) is 2.65. The Hall–Kier alpha value is -2.81. The second-order valence-electron chi connectivity index (χ2n) is 6.65. The standard InChI is InChI=1S/C18H24N6O3/c25-18(7-11-22-14-17(12-21-22)24(26)27)23(13-15-4-1-2-9-20-15)16-5-3-8-19-10-6-16/h1-2,4,9,12,14,16,19H,3,5-8,10-11,13H2. The molecule has 2 aromatic rings. The first-order chi connectivity index (χ1) is 13.1. The van der Waals surface area contributed by atoms with Crippen LogP contribution in [0, 0.1) is 10.1 Å². The largest absolute Gasteiger partial charge is 0.334 e. The summed E-state index contributed by atoms with van der Waals surface area (Å²) in [5, 5.41) is 18.1. The molecule has 9 heteroatoms. The molecule has 2 aromatic heterocycles. The molecule has 0 aliphatic carbocycles. The molecule has 9 nitrogen and oxygen atoms in total. The van der Waals surface area contributed by atoms with Gasteiger partial charge in [-0.25, -0.2) is 0 Å². The molecule has 0 spiro atoms. The van der Waals surface area contributed by atoms with Gasteiger partial charge >= 0.3 is 5.69 Å². The predicted octanol–water partition coefficient (Wildman–Crippen LogP) is 1.75. The number of hydrogen-bond donors (Lipinski definition) is 1. The van der Waals surface area contributed by atoms with E-state index in [0.717, 1.165) is 38.0 Å². The number of aryl methyl sites for hydroxylation is 1. The van der Waals surface area contributed by atoms with Crippen molar-refractivity contribution in [2.75, 3.05) is 13.1 Å². The molecule has 0 bridgehead atoms. The van der Waals surface area contributed by atoms with Gasteiger partial charge in [0.15, 0.2) is 0 Å². The van der Waals surface area contributed by atoms with Crippen LogP contribution in [0.4, 0.5) is 5.69 Å². The van der Waals surface area contributed by atoms with Gasteiger partial charge in [0, 0.05) is 25.2 Å². The van der Waals surface area contributed by atoms with Gasteiger partial charge in [0.2, 0.25) is 5.91 Å². The van der Waals surface area contributed by atoms with Crippen LogP contribution in [0.1, 0.15) is 31.4 Å². The molecule has 0 radical (unpaired) electrons. The Labute approximate surface area is 157 Å². The molecule has 1 unspecified atom stereocenters. The number of carbonyl (C=O) groups excluding carboxylic acids is 1. The van der Waals surface area contributed by atoms with Crippen LogP contribution in [0.3, 0.4) is 0 Å². The van der Waals surface area contributed by atoms with Crippen LogP contribution < -0.4 is 5.32 Å². The molecule has 0 aromatic carbocycles. The zero-order valence-electron chi connectivity index (χ0n) is 15.2. The highest BCUT2D eigenvalue weighted by Crippen LogP contribution is 2.18. The Bertz CT molecular complexity index is 755. The minimum Gasteiger partial charge on any atom is -0.334 e. The third-order valence-electron chi connectivity index (χ3n) is 4.75. The summed E-state index contributed by atoms with van der Waals surface area (Å²) in [6.07, 6.45) is 7.43. The Morgan fingerprint density at radius 3 is 3.00 bits per heavy atom.